The smallest absolute Gasteiger partial charge is 0.276 e. The van der Waals surface area contributed by atoms with Crippen LogP contribution in [0.3, 0.4) is 0 Å². The summed E-state index contributed by atoms with van der Waals surface area (Å²) in [6, 6.07) is 10.3. The number of hydrogen-bond donors (Lipinski definition) is 1. The Kier molecular flexibility index (Phi) is 5.17. The number of fused-ring (bicyclic) bond motifs is 3. The second-order valence-corrected chi connectivity index (χ2v) is 9.57. The van der Waals surface area contributed by atoms with Gasteiger partial charge in [0.05, 0.1) is 29.3 Å². The van der Waals surface area contributed by atoms with Crippen molar-refractivity contribution < 1.29 is 13.2 Å². The second kappa shape index (κ2) is 7.66. The molecule has 8 nitrogen and oxygen atoms in total. The lowest BCUT2D eigenvalue weighted by Crippen LogP contribution is -2.33. The molecular formula is C21H23N5O3S. The van der Waals surface area contributed by atoms with Crippen LogP contribution in [0.2, 0.25) is 0 Å². The number of pyridine rings is 1. The minimum absolute atomic E-state index is 0.0595. The van der Waals surface area contributed by atoms with Crippen LogP contribution in [0.5, 0.6) is 0 Å². The first-order valence-electron chi connectivity index (χ1n) is 9.67. The van der Waals surface area contributed by atoms with E-state index >= 15 is 0 Å². The zero-order valence-electron chi connectivity index (χ0n) is 17.0. The first-order chi connectivity index (χ1) is 14.3. The molecule has 1 amide bonds. The summed E-state index contributed by atoms with van der Waals surface area (Å²) in [5, 5.41) is 2.84. The highest BCUT2D eigenvalue weighted by Gasteiger charge is 2.35. The Morgan fingerprint density at radius 3 is 2.67 bits per heavy atom. The van der Waals surface area contributed by atoms with Gasteiger partial charge in [0.1, 0.15) is 11.2 Å². The van der Waals surface area contributed by atoms with E-state index in [1.165, 1.54) is 10.6 Å². The summed E-state index contributed by atoms with van der Waals surface area (Å²) in [5.41, 5.74) is 2.49. The van der Waals surface area contributed by atoms with Gasteiger partial charge in [0, 0.05) is 12.7 Å². The molecular weight excluding hydrogens is 402 g/mol. The van der Waals surface area contributed by atoms with Gasteiger partial charge in [-0.25, -0.2) is 13.4 Å². The van der Waals surface area contributed by atoms with E-state index < -0.39 is 15.9 Å². The van der Waals surface area contributed by atoms with Crippen LogP contribution in [0.15, 0.2) is 53.8 Å². The maximum atomic E-state index is 13.3. The van der Waals surface area contributed by atoms with Crippen molar-refractivity contribution in [2.24, 2.45) is 5.92 Å². The van der Waals surface area contributed by atoms with Crippen molar-refractivity contribution in [2.75, 3.05) is 11.9 Å². The van der Waals surface area contributed by atoms with Crippen LogP contribution in [-0.4, -0.2) is 39.7 Å². The molecule has 1 aliphatic heterocycles. The number of rotatable bonds is 4. The van der Waals surface area contributed by atoms with Gasteiger partial charge >= 0.3 is 0 Å². The van der Waals surface area contributed by atoms with Crippen molar-refractivity contribution in [1.82, 2.24) is 18.8 Å². The van der Waals surface area contributed by atoms with Gasteiger partial charge in [0.15, 0.2) is 5.69 Å². The molecule has 1 N–H and O–H groups in total. The number of benzene rings is 1. The fourth-order valence-electron chi connectivity index (χ4n) is 3.56. The van der Waals surface area contributed by atoms with Crippen LogP contribution < -0.4 is 5.32 Å². The average molecular weight is 426 g/mol. The number of para-hydroxylation sites is 1. The minimum atomic E-state index is -3.72. The number of nitrogens with one attached hydrogen (secondary N) is 1. The first-order valence-corrected chi connectivity index (χ1v) is 11.1. The molecule has 0 unspecified atom stereocenters. The molecule has 0 atom stereocenters. The van der Waals surface area contributed by atoms with E-state index in [1.54, 1.807) is 54.1 Å². The number of carbonyl (C=O) groups excluding carboxylic acids is 1. The second-order valence-electron chi connectivity index (χ2n) is 7.66. The Hall–Kier alpha value is -3.04. The SMILES string of the molecule is Cc1ncccc1NC(=O)c1ncn2c1CN(CC(C)C)S(=O)(=O)c1ccccc1-2. The fraction of sp³-hybridized carbons (Fsp3) is 0.286. The number of amides is 1. The normalized spacial score (nSPS) is 15.3. The largest absolute Gasteiger partial charge is 0.319 e. The number of imidazole rings is 1. The highest BCUT2D eigenvalue weighted by atomic mass is 32.2. The van der Waals surface area contributed by atoms with E-state index in [0.717, 1.165) is 0 Å². The third-order valence-electron chi connectivity index (χ3n) is 4.97. The molecule has 9 heteroatoms. The molecule has 0 radical (unpaired) electrons. The fourth-order valence-corrected chi connectivity index (χ4v) is 5.30. The van der Waals surface area contributed by atoms with E-state index in [4.69, 9.17) is 0 Å². The monoisotopic (exact) mass is 425 g/mol. The van der Waals surface area contributed by atoms with Crippen LogP contribution in [0.25, 0.3) is 5.69 Å². The summed E-state index contributed by atoms with van der Waals surface area (Å²) >= 11 is 0. The van der Waals surface area contributed by atoms with Crippen LogP contribution in [0.1, 0.15) is 35.7 Å². The lowest BCUT2D eigenvalue weighted by Gasteiger charge is -2.22. The van der Waals surface area contributed by atoms with Crippen LogP contribution in [-0.2, 0) is 16.6 Å². The van der Waals surface area contributed by atoms with Gasteiger partial charge in [-0.1, -0.05) is 26.0 Å². The standard InChI is InChI=1S/C21H23N5O3S/c1-14(2)11-25-12-18-20(21(27)24-16-7-6-10-22-15(16)3)23-13-26(18)17-8-4-5-9-19(17)30(25,28)29/h4-10,13-14H,11-12H2,1-3H3,(H,24,27). The van der Waals surface area contributed by atoms with Crippen molar-refractivity contribution in [2.45, 2.75) is 32.2 Å². The summed E-state index contributed by atoms with van der Waals surface area (Å²) in [5.74, 6) is -0.280. The van der Waals surface area contributed by atoms with Crippen molar-refractivity contribution in [3.63, 3.8) is 0 Å². The Labute approximate surface area is 175 Å². The lowest BCUT2D eigenvalue weighted by molar-refractivity contribution is 0.102. The first kappa shape index (κ1) is 20.2. The Morgan fingerprint density at radius 2 is 1.93 bits per heavy atom. The van der Waals surface area contributed by atoms with Crippen LogP contribution in [0, 0.1) is 12.8 Å². The molecule has 4 rings (SSSR count). The number of aromatic nitrogens is 3. The molecule has 3 aromatic rings. The molecule has 0 aliphatic carbocycles. The van der Waals surface area contributed by atoms with E-state index in [9.17, 15) is 13.2 Å². The predicted molar refractivity (Wildman–Crippen MR) is 113 cm³/mol. The van der Waals surface area contributed by atoms with E-state index in [2.05, 4.69) is 15.3 Å². The summed E-state index contributed by atoms with van der Waals surface area (Å²) in [6.07, 6.45) is 3.16. The highest BCUT2D eigenvalue weighted by Crippen LogP contribution is 2.32. The summed E-state index contributed by atoms with van der Waals surface area (Å²) in [4.78, 5) is 21.8. The van der Waals surface area contributed by atoms with Crippen molar-refractivity contribution >= 4 is 21.6 Å². The molecule has 0 saturated carbocycles. The third kappa shape index (κ3) is 3.50. The van der Waals surface area contributed by atoms with Crippen LogP contribution >= 0.6 is 0 Å². The van der Waals surface area contributed by atoms with E-state index in [-0.39, 0.29) is 23.1 Å². The van der Waals surface area contributed by atoms with Gasteiger partial charge in [0.2, 0.25) is 10.0 Å². The minimum Gasteiger partial charge on any atom is -0.319 e. The molecule has 0 saturated heterocycles. The molecule has 156 valence electrons. The number of aryl methyl sites for hydroxylation is 1. The Morgan fingerprint density at radius 1 is 1.17 bits per heavy atom. The predicted octanol–water partition coefficient (Wildman–Crippen LogP) is 2.99. The summed E-state index contributed by atoms with van der Waals surface area (Å²) in [6.45, 7) is 6.12. The zero-order chi connectivity index (χ0) is 21.5. The Bertz CT molecular complexity index is 1220. The van der Waals surface area contributed by atoms with Gasteiger partial charge in [-0.15, -0.1) is 0 Å². The van der Waals surface area contributed by atoms with E-state index in [0.29, 0.717) is 29.3 Å². The summed E-state index contributed by atoms with van der Waals surface area (Å²) < 4.78 is 29.8. The van der Waals surface area contributed by atoms with Gasteiger partial charge in [0.25, 0.3) is 5.91 Å². The van der Waals surface area contributed by atoms with E-state index in [1.807, 2.05) is 13.8 Å². The maximum Gasteiger partial charge on any atom is 0.276 e. The number of carbonyl (C=O) groups is 1. The molecule has 30 heavy (non-hydrogen) atoms. The highest BCUT2D eigenvalue weighted by molar-refractivity contribution is 7.89. The van der Waals surface area contributed by atoms with Crippen LogP contribution in [0.4, 0.5) is 5.69 Å². The van der Waals surface area contributed by atoms with Crippen molar-refractivity contribution in [3.05, 3.63) is 66.0 Å². The van der Waals surface area contributed by atoms with Crippen molar-refractivity contribution in [1.29, 1.82) is 0 Å². The topological polar surface area (TPSA) is 97.2 Å². The maximum absolute atomic E-state index is 13.3. The molecule has 0 bridgehead atoms. The lowest BCUT2D eigenvalue weighted by atomic mass is 10.2. The van der Waals surface area contributed by atoms with Gasteiger partial charge in [-0.05, 0) is 37.1 Å². The molecule has 1 aliphatic rings. The summed E-state index contributed by atoms with van der Waals surface area (Å²) in [7, 11) is -3.72. The Balaban J connectivity index is 1.82. The zero-order valence-corrected chi connectivity index (χ0v) is 17.8. The number of anilines is 1. The van der Waals surface area contributed by atoms with Gasteiger partial charge in [-0.3, -0.25) is 14.3 Å². The molecule has 0 spiro atoms. The molecule has 3 heterocycles. The number of hydrogen-bond acceptors (Lipinski definition) is 5. The van der Waals surface area contributed by atoms with Gasteiger partial charge < -0.3 is 5.32 Å². The third-order valence-corrected chi connectivity index (χ3v) is 6.83. The molecule has 1 aromatic carbocycles. The van der Waals surface area contributed by atoms with Gasteiger partial charge in [-0.2, -0.15) is 4.31 Å². The molecule has 2 aromatic heterocycles. The van der Waals surface area contributed by atoms with Crippen molar-refractivity contribution in [3.8, 4) is 5.69 Å². The molecule has 0 fully saturated rings. The number of nitrogens with zero attached hydrogens (tertiary/aromatic N) is 4. The number of sulfonamides is 1. The quantitative estimate of drug-likeness (QED) is 0.693. The average Bonchev–Trinajstić information content (AvgIpc) is 3.09.